The minimum Gasteiger partial charge on any atom is -0.397 e. The van der Waals surface area contributed by atoms with E-state index >= 15 is 0 Å². The summed E-state index contributed by atoms with van der Waals surface area (Å²) in [6.07, 6.45) is 1.02. The molecule has 2 aromatic rings. The van der Waals surface area contributed by atoms with Crippen LogP contribution >= 0.6 is 11.3 Å². The maximum Gasteiger partial charge on any atom is 0.263 e. The highest BCUT2D eigenvalue weighted by atomic mass is 32.1. The van der Waals surface area contributed by atoms with Gasteiger partial charge in [-0.2, -0.15) is 0 Å². The van der Waals surface area contributed by atoms with Gasteiger partial charge in [0, 0.05) is 45.1 Å². The minimum absolute atomic E-state index is 0.00826. The zero-order valence-corrected chi connectivity index (χ0v) is 18.9. The van der Waals surface area contributed by atoms with Crippen molar-refractivity contribution in [1.82, 2.24) is 9.80 Å². The average Bonchev–Trinajstić information content (AvgIpc) is 3.29. The maximum atomic E-state index is 13.6. The largest absolute Gasteiger partial charge is 0.397 e. The minimum atomic E-state index is -2.72. The first-order valence-corrected chi connectivity index (χ1v) is 11.8. The molecule has 0 saturated carbocycles. The molecule has 3 N–H and O–H groups in total. The number of nitrogens with zero attached hydrogens (tertiary/aromatic N) is 2. The number of piperidine rings is 2. The SMILES string of the molecule is Cc1cc(N)c(N[C@@H]2CCCN(C(=O)c3cccs3)C2)c(C(=O)N2CCC(F)(F)CC2)c1. The van der Waals surface area contributed by atoms with E-state index in [1.165, 1.54) is 16.2 Å². The Balaban J connectivity index is 1.52. The standard InChI is InChI=1S/C23H28F2N4O2S/c1-15-12-17(21(30)28-9-6-23(24,25)7-10-28)20(18(26)13-15)27-16-4-2-8-29(14-16)22(31)19-5-3-11-32-19/h3,5,11-13,16,27H,2,4,6-10,14,26H2,1H3/t16-/m1/s1. The van der Waals surface area contributed by atoms with Crippen LogP contribution in [0.5, 0.6) is 0 Å². The second-order valence-electron chi connectivity index (χ2n) is 8.64. The van der Waals surface area contributed by atoms with Gasteiger partial charge in [-0.15, -0.1) is 11.3 Å². The number of nitrogen functional groups attached to an aromatic ring is 1. The van der Waals surface area contributed by atoms with Gasteiger partial charge in [-0.3, -0.25) is 9.59 Å². The molecule has 2 amide bonds. The number of carbonyl (C=O) groups excluding carboxylic acids is 2. The number of halogens is 2. The number of hydrogen-bond acceptors (Lipinski definition) is 5. The third-order valence-corrected chi connectivity index (χ3v) is 6.97. The number of anilines is 2. The first-order chi connectivity index (χ1) is 15.2. The van der Waals surface area contributed by atoms with Crippen molar-refractivity contribution in [3.63, 3.8) is 0 Å². The fourth-order valence-electron chi connectivity index (χ4n) is 4.39. The lowest BCUT2D eigenvalue weighted by molar-refractivity contribution is -0.0494. The van der Waals surface area contributed by atoms with Crippen LogP contribution in [0, 0.1) is 6.92 Å². The van der Waals surface area contributed by atoms with E-state index in [0.717, 1.165) is 18.4 Å². The Morgan fingerprint density at radius 3 is 2.59 bits per heavy atom. The highest BCUT2D eigenvalue weighted by molar-refractivity contribution is 7.12. The van der Waals surface area contributed by atoms with Gasteiger partial charge in [0.15, 0.2) is 0 Å². The van der Waals surface area contributed by atoms with E-state index in [4.69, 9.17) is 5.73 Å². The van der Waals surface area contributed by atoms with E-state index in [0.29, 0.717) is 34.9 Å². The van der Waals surface area contributed by atoms with E-state index < -0.39 is 5.92 Å². The summed E-state index contributed by atoms with van der Waals surface area (Å²) < 4.78 is 27.1. The van der Waals surface area contributed by atoms with Gasteiger partial charge in [-0.25, -0.2) is 8.78 Å². The number of likely N-dealkylation sites (tertiary alicyclic amines) is 2. The third-order valence-electron chi connectivity index (χ3n) is 6.11. The molecule has 0 spiro atoms. The molecule has 32 heavy (non-hydrogen) atoms. The van der Waals surface area contributed by atoms with E-state index in [2.05, 4.69) is 5.32 Å². The molecule has 0 radical (unpaired) electrons. The van der Waals surface area contributed by atoms with E-state index in [-0.39, 0.29) is 43.8 Å². The molecule has 2 aliphatic heterocycles. The van der Waals surface area contributed by atoms with Crippen molar-refractivity contribution in [2.45, 2.75) is 44.6 Å². The fraction of sp³-hybridized carbons (Fsp3) is 0.478. The quantitative estimate of drug-likeness (QED) is 0.667. The second kappa shape index (κ2) is 9.05. The molecule has 4 rings (SSSR count). The Kier molecular flexibility index (Phi) is 6.37. The van der Waals surface area contributed by atoms with Crippen LogP contribution < -0.4 is 11.1 Å². The van der Waals surface area contributed by atoms with Crippen LogP contribution in [0.15, 0.2) is 29.6 Å². The van der Waals surface area contributed by atoms with E-state index in [9.17, 15) is 18.4 Å². The van der Waals surface area contributed by atoms with Crippen LogP contribution in [-0.4, -0.2) is 59.8 Å². The van der Waals surface area contributed by atoms with Gasteiger partial charge in [-0.1, -0.05) is 6.07 Å². The molecule has 2 saturated heterocycles. The number of amides is 2. The van der Waals surface area contributed by atoms with Gasteiger partial charge in [-0.05, 0) is 48.9 Å². The Morgan fingerprint density at radius 2 is 1.91 bits per heavy atom. The molecule has 172 valence electrons. The van der Waals surface area contributed by atoms with Crippen molar-refractivity contribution in [3.8, 4) is 0 Å². The van der Waals surface area contributed by atoms with Crippen molar-refractivity contribution >= 4 is 34.5 Å². The topological polar surface area (TPSA) is 78.7 Å². The number of nitrogens with one attached hydrogen (secondary N) is 1. The van der Waals surface area contributed by atoms with Gasteiger partial charge in [0.25, 0.3) is 17.7 Å². The molecule has 3 heterocycles. The number of rotatable bonds is 4. The normalized spacial score (nSPS) is 20.8. The lowest BCUT2D eigenvalue weighted by atomic mass is 10.0. The summed E-state index contributed by atoms with van der Waals surface area (Å²) in [4.78, 5) is 30.0. The first kappa shape index (κ1) is 22.5. The van der Waals surface area contributed by atoms with Gasteiger partial charge < -0.3 is 20.9 Å². The molecule has 0 unspecified atom stereocenters. The van der Waals surface area contributed by atoms with E-state index in [1.807, 2.05) is 29.3 Å². The molecule has 1 atom stereocenters. The fourth-order valence-corrected chi connectivity index (χ4v) is 5.08. The zero-order valence-electron chi connectivity index (χ0n) is 18.1. The smallest absolute Gasteiger partial charge is 0.263 e. The van der Waals surface area contributed by atoms with Gasteiger partial charge in [0.2, 0.25) is 0 Å². The summed E-state index contributed by atoms with van der Waals surface area (Å²) in [5.41, 5.74) is 8.48. The van der Waals surface area contributed by atoms with E-state index in [1.54, 1.807) is 12.1 Å². The summed E-state index contributed by atoms with van der Waals surface area (Å²) in [6, 6.07) is 7.17. The summed E-state index contributed by atoms with van der Waals surface area (Å²) in [7, 11) is 0. The molecular formula is C23H28F2N4O2S. The van der Waals surface area contributed by atoms with Crippen molar-refractivity contribution < 1.29 is 18.4 Å². The molecule has 6 nitrogen and oxygen atoms in total. The number of nitrogens with two attached hydrogens (primary N) is 1. The Morgan fingerprint density at radius 1 is 1.16 bits per heavy atom. The summed E-state index contributed by atoms with van der Waals surface area (Å²) >= 11 is 1.42. The van der Waals surface area contributed by atoms with Gasteiger partial charge >= 0.3 is 0 Å². The van der Waals surface area contributed by atoms with Crippen LogP contribution in [0.2, 0.25) is 0 Å². The van der Waals surface area contributed by atoms with Crippen molar-refractivity contribution in [3.05, 3.63) is 45.6 Å². The third kappa shape index (κ3) is 4.87. The molecule has 1 aromatic heterocycles. The van der Waals surface area contributed by atoms with Crippen molar-refractivity contribution in [2.75, 3.05) is 37.2 Å². The van der Waals surface area contributed by atoms with Crippen LogP contribution in [0.3, 0.4) is 0 Å². The van der Waals surface area contributed by atoms with Crippen molar-refractivity contribution in [2.24, 2.45) is 0 Å². The number of alkyl halides is 2. The first-order valence-electron chi connectivity index (χ1n) is 10.9. The summed E-state index contributed by atoms with van der Waals surface area (Å²) in [5, 5.41) is 5.28. The summed E-state index contributed by atoms with van der Waals surface area (Å²) in [5.74, 6) is -3.00. The second-order valence-corrected chi connectivity index (χ2v) is 9.58. The highest BCUT2D eigenvalue weighted by Gasteiger charge is 2.36. The van der Waals surface area contributed by atoms with Gasteiger partial charge in [0.05, 0.1) is 21.8 Å². The Labute approximate surface area is 190 Å². The molecular weight excluding hydrogens is 434 g/mol. The monoisotopic (exact) mass is 462 g/mol. The zero-order chi connectivity index (χ0) is 22.9. The predicted octanol–water partition coefficient (Wildman–Crippen LogP) is 4.23. The van der Waals surface area contributed by atoms with Crippen LogP contribution in [0.1, 0.15) is 51.3 Å². The number of hydrogen-bond donors (Lipinski definition) is 2. The maximum absolute atomic E-state index is 13.6. The molecule has 0 bridgehead atoms. The van der Waals surface area contributed by atoms with Crippen LogP contribution in [0.25, 0.3) is 0 Å². The molecule has 2 aliphatic rings. The van der Waals surface area contributed by atoms with Gasteiger partial charge in [0.1, 0.15) is 0 Å². The lowest BCUT2D eigenvalue weighted by Gasteiger charge is -2.35. The predicted molar refractivity (Wildman–Crippen MR) is 123 cm³/mol. The van der Waals surface area contributed by atoms with Crippen LogP contribution in [-0.2, 0) is 0 Å². The number of aryl methyl sites for hydroxylation is 1. The number of benzene rings is 1. The molecule has 9 heteroatoms. The Hall–Kier alpha value is -2.68. The highest BCUT2D eigenvalue weighted by Crippen LogP contribution is 2.32. The molecule has 2 fully saturated rings. The Bertz CT molecular complexity index is 986. The number of carbonyl (C=O) groups is 2. The van der Waals surface area contributed by atoms with Crippen molar-refractivity contribution in [1.29, 1.82) is 0 Å². The van der Waals surface area contributed by atoms with Crippen LogP contribution in [0.4, 0.5) is 20.2 Å². The summed E-state index contributed by atoms with van der Waals surface area (Å²) in [6.45, 7) is 3.08. The molecule has 0 aliphatic carbocycles. The molecule has 1 aromatic carbocycles. The average molecular weight is 463 g/mol. The number of thiophene rings is 1. The lowest BCUT2D eigenvalue weighted by Crippen LogP contribution is -2.45.